The summed E-state index contributed by atoms with van der Waals surface area (Å²) in [5.74, 6) is -0.443. The minimum atomic E-state index is -0.601. The molecule has 2 atom stereocenters. The highest BCUT2D eigenvalue weighted by Crippen LogP contribution is 2.32. The molecule has 2 rings (SSSR count). The highest BCUT2D eigenvalue weighted by atomic mass is 16.4. The van der Waals surface area contributed by atoms with Crippen molar-refractivity contribution in [3.05, 3.63) is 34.9 Å². The lowest BCUT2D eigenvalue weighted by molar-refractivity contribution is -0.143. The van der Waals surface area contributed by atoms with E-state index in [1.54, 1.807) is 0 Å². The van der Waals surface area contributed by atoms with Gasteiger partial charge in [-0.1, -0.05) is 37.5 Å². The predicted octanol–water partition coefficient (Wildman–Crippen LogP) is 4.13. The van der Waals surface area contributed by atoms with Crippen LogP contribution in [-0.4, -0.2) is 11.1 Å². The molecule has 19 heavy (non-hydrogen) atoms. The van der Waals surface area contributed by atoms with Crippen molar-refractivity contribution < 1.29 is 9.90 Å². The van der Waals surface area contributed by atoms with Crippen LogP contribution in [0.4, 0.5) is 0 Å². The second-order valence-electron chi connectivity index (χ2n) is 5.97. The summed E-state index contributed by atoms with van der Waals surface area (Å²) in [4.78, 5) is 11.4. The molecular weight excluding hydrogens is 236 g/mol. The zero-order chi connectivity index (χ0) is 13.8. The SMILES string of the molecule is Cc1ccc(CC2CCCCCC2C(=O)O)cc1C. The maximum atomic E-state index is 11.4. The van der Waals surface area contributed by atoms with Gasteiger partial charge in [0.1, 0.15) is 0 Å². The highest BCUT2D eigenvalue weighted by molar-refractivity contribution is 5.70. The van der Waals surface area contributed by atoms with Crippen molar-refractivity contribution in [2.75, 3.05) is 0 Å². The summed E-state index contributed by atoms with van der Waals surface area (Å²) in [7, 11) is 0. The molecule has 1 aliphatic carbocycles. The van der Waals surface area contributed by atoms with Crippen LogP contribution in [0.15, 0.2) is 18.2 Å². The Bertz CT molecular complexity index is 451. The molecule has 1 saturated carbocycles. The van der Waals surface area contributed by atoms with Gasteiger partial charge in [0.25, 0.3) is 0 Å². The number of aliphatic carboxylic acids is 1. The van der Waals surface area contributed by atoms with E-state index >= 15 is 0 Å². The first-order valence-corrected chi connectivity index (χ1v) is 7.37. The van der Waals surface area contributed by atoms with Crippen LogP contribution >= 0.6 is 0 Å². The van der Waals surface area contributed by atoms with E-state index in [2.05, 4.69) is 32.0 Å². The Hall–Kier alpha value is -1.31. The van der Waals surface area contributed by atoms with Crippen molar-refractivity contribution in [2.45, 2.75) is 52.4 Å². The van der Waals surface area contributed by atoms with Gasteiger partial charge in [-0.2, -0.15) is 0 Å². The van der Waals surface area contributed by atoms with Gasteiger partial charge < -0.3 is 5.11 Å². The van der Waals surface area contributed by atoms with E-state index in [1.807, 2.05) is 0 Å². The quantitative estimate of drug-likeness (QED) is 0.830. The standard InChI is InChI=1S/C17H24O2/c1-12-8-9-14(10-13(12)2)11-15-6-4-3-5-7-16(15)17(18)19/h8-10,15-16H,3-7,11H2,1-2H3,(H,18,19). The minimum absolute atomic E-state index is 0.149. The lowest BCUT2D eigenvalue weighted by Gasteiger charge is -2.22. The molecule has 0 heterocycles. The molecule has 0 amide bonds. The fourth-order valence-electron chi connectivity index (χ4n) is 3.19. The summed E-state index contributed by atoms with van der Waals surface area (Å²) in [6, 6.07) is 6.53. The molecule has 104 valence electrons. The summed E-state index contributed by atoms with van der Waals surface area (Å²) in [6.45, 7) is 4.24. The van der Waals surface area contributed by atoms with Gasteiger partial charge >= 0.3 is 5.97 Å². The molecule has 1 aromatic rings. The number of carboxylic acids is 1. The van der Waals surface area contributed by atoms with Crippen molar-refractivity contribution in [1.29, 1.82) is 0 Å². The van der Waals surface area contributed by atoms with Gasteiger partial charge in [-0.25, -0.2) is 0 Å². The van der Waals surface area contributed by atoms with Crippen LogP contribution in [0.2, 0.25) is 0 Å². The number of rotatable bonds is 3. The number of carboxylic acid groups (broad SMARTS) is 1. The van der Waals surface area contributed by atoms with E-state index in [-0.39, 0.29) is 5.92 Å². The molecule has 0 aromatic heterocycles. The van der Waals surface area contributed by atoms with Crippen molar-refractivity contribution in [3.8, 4) is 0 Å². The molecular formula is C17H24O2. The van der Waals surface area contributed by atoms with Crippen LogP contribution < -0.4 is 0 Å². The molecule has 0 saturated heterocycles. The molecule has 1 fully saturated rings. The smallest absolute Gasteiger partial charge is 0.306 e. The zero-order valence-corrected chi connectivity index (χ0v) is 12.0. The number of aryl methyl sites for hydroxylation is 2. The largest absolute Gasteiger partial charge is 0.481 e. The summed E-state index contributed by atoms with van der Waals surface area (Å²) in [6.07, 6.45) is 6.26. The maximum absolute atomic E-state index is 11.4. The molecule has 2 nitrogen and oxygen atoms in total. The molecule has 2 heteroatoms. The minimum Gasteiger partial charge on any atom is -0.481 e. The fraction of sp³-hybridized carbons (Fsp3) is 0.588. The van der Waals surface area contributed by atoms with Crippen LogP contribution in [-0.2, 0) is 11.2 Å². The van der Waals surface area contributed by atoms with Gasteiger partial charge in [0.05, 0.1) is 5.92 Å². The molecule has 2 unspecified atom stereocenters. The van der Waals surface area contributed by atoms with E-state index in [9.17, 15) is 9.90 Å². The van der Waals surface area contributed by atoms with Crippen LogP contribution in [0.1, 0.15) is 48.8 Å². The Morgan fingerprint density at radius 3 is 2.58 bits per heavy atom. The summed E-state index contributed by atoms with van der Waals surface area (Å²) < 4.78 is 0. The number of benzene rings is 1. The monoisotopic (exact) mass is 260 g/mol. The Labute approximate surface area is 115 Å². The first kappa shape index (κ1) is 14.1. The number of hydrogen-bond acceptors (Lipinski definition) is 1. The molecule has 0 spiro atoms. The third-order valence-corrected chi connectivity index (χ3v) is 4.55. The van der Waals surface area contributed by atoms with Crippen molar-refractivity contribution in [1.82, 2.24) is 0 Å². The van der Waals surface area contributed by atoms with Crippen LogP contribution in [0.3, 0.4) is 0 Å². The fourth-order valence-corrected chi connectivity index (χ4v) is 3.19. The average molecular weight is 260 g/mol. The van der Waals surface area contributed by atoms with Gasteiger partial charge in [0.15, 0.2) is 0 Å². The van der Waals surface area contributed by atoms with Gasteiger partial charge in [-0.15, -0.1) is 0 Å². The molecule has 1 aromatic carbocycles. The Balaban J connectivity index is 2.13. The Morgan fingerprint density at radius 1 is 1.16 bits per heavy atom. The van der Waals surface area contributed by atoms with Gasteiger partial charge in [0, 0.05) is 0 Å². The van der Waals surface area contributed by atoms with Crippen LogP contribution in [0.5, 0.6) is 0 Å². The first-order chi connectivity index (χ1) is 9.08. The average Bonchev–Trinajstić information content (AvgIpc) is 2.59. The molecule has 0 bridgehead atoms. The lowest BCUT2D eigenvalue weighted by Crippen LogP contribution is -2.24. The molecule has 0 radical (unpaired) electrons. The highest BCUT2D eigenvalue weighted by Gasteiger charge is 2.29. The van der Waals surface area contributed by atoms with Crippen LogP contribution in [0, 0.1) is 25.7 Å². The van der Waals surface area contributed by atoms with Crippen molar-refractivity contribution >= 4 is 5.97 Å². The normalized spacial score (nSPS) is 23.9. The second-order valence-corrected chi connectivity index (χ2v) is 5.97. The Kier molecular flexibility index (Phi) is 4.62. The van der Waals surface area contributed by atoms with Crippen LogP contribution in [0.25, 0.3) is 0 Å². The topological polar surface area (TPSA) is 37.3 Å². The van der Waals surface area contributed by atoms with E-state index in [1.165, 1.54) is 29.5 Å². The first-order valence-electron chi connectivity index (χ1n) is 7.37. The third kappa shape index (κ3) is 3.59. The van der Waals surface area contributed by atoms with E-state index in [0.717, 1.165) is 25.7 Å². The van der Waals surface area contributed by atoms with E-state index < -0.39 is 5.97 Å². The number of carbonyl (C=O) groups is 1. The van der Waals surface area contributed by atoms with Crippen molar-refractivity contribution in [2.24, 2.45) is 11.8 Å². The molecule has 0 aliphatic heterocycles. The zero-order valence-electron chi connectivity index (χ0n) is 12.0. The van der Waals surface area contributed by atoms with Gasteiger partial charge in [-0.3, -0.25) is 4.79 Å². The lowest BCUT2D eigenvalue weighted by atomic mass is 9.83. The van der Waals surface area contributed by atoms with Gasteiger partial charge in [-0.05, 0) is 55.7 Å². The predicted molar refractivity (Wildman–Crippen MR) is 77.3 cm³/mol. The van der Waals surface area contributed by atoms with E-state index in [4.69, 9.17) is 0 Å². The van der Waals surface area contributed by atoms with E-state index in [0.29, 0.717) is 5.92 Å². The molecule has 1 N–H and O–H groups in total. The summed E-state index contributed by atoms with van der Waals surface area (Å²) in [5.41, 5.74) is 3.90. The summed E-state index contributed by atoms with van der Waals surface area (Å²) >= 11 is 0. The molecule has 1 aliphatic rings. The second kappa shape index (κ2) is 6.23. The van der Waals surface area contributed by atoms with Gasteiger partial charge in [0.2, 0.25) is 0 Å². The summed E-state index contributed by atoms with van der Waals surface area (Å²) in [5, 5.41) is 9.41. The van der Waals surface area contributed by atoms with Crippen molar-refractivity contribution in [3.63, 3.8) is 0 Å². The number of hydrogen-bond donors (Lipinski definition) is 1. The maximum Gasteiger partial charge on any atom is 0.306 e. The Morgan fingerprint density at radius 2 is 1.89 bits per heavy atom. The third-order valence-electron chi connectivity index (χ3n) is 4.55.